The maximum absolute atomic E-state index is 12.5. The molecule has 2 aromatic rings. The Balaban J connectivity index is 1.36. The van der Waals surface area contributed by atoms with E-state index in [-0.39, 0.29) is 18.0 Å². The lowest BCUT2D eigenvalue weighted by molar-refractivity contribution is -0.246. The van der Waals surface area contributed by atoms with Gasteiger partial charge in [-0.3, -0.25) is 9.69 Å². The van der Waals surface area contributed by atoms with Crippen molar-refractivity contribution in [1.29, 1.82) is 0 Å². The summed E-state index contributed by atoms with van der Waals surface area (Å²) in [5.41, 5.74) is 5.95. The van der Waals surface area contributed by atoms with Crippen LogP contribution in [0.25, 0.3) is 10.8 Å². The maximum atomic E-state index is 12.5. The summed E-state index contributed by atoms with van der Waals surface area (Å²) in [5, 5.41) is 3.53. The van der Waals surface area contributed by atoms with Gasteiger partial charge in [0.05, 0.1) is 6.61 Å². The summed E-state index contributed by atoms with van der Waals surface area (Å²) in [6.07, 6.45) is 4.12. The SMILES string of the molecule is [2H]C([2H])([2H])NC(=O)c1cccc2cc(OC34CCN(C(OC)C3)C(OCC3(N)CC3)C4)ccc12. The van der Waals surface area contributed by atoms with Crippen LogP contribution in [0, 0.1) is 0 Å². The zero-order valence-electron chi connectivity index (χ0n) is 20.7. The quantitative estimate of drug-likeness (QED) is 0.705. The first-order valence-corrected chi connectivity index (χ1v) is 10.8. The normalized spacial score (nSPS) is 32.7. The third-order valence-corrected chi connectivity index (χ3v) is 6.93. The Kier molecular flexibility index (Phi) is 4.34. The van der Waals surface area contributed by atoms with Gasteiger partial charge < -0.3 is 25.3 Å². The Morgan fingerprint density at radius 3 is 2.87 bits per heavy atom. The Labute approximate surface area is 187 Å². The molecule has 3 heterocycles. The van der Waals surface area contributed by atoms with Crippen LogP contribution < -0.4 is 15.8 Å². The monoisotopic (exact) mass is 428 g/mol. The second kappa shape index (κ2) is 7.74. The molecule has 1 aliphatic carbocycles. The number of ether oxygens (including phenoxy) is 3. The molecule has 3 saturated heterocycles. The molecule has 4 atom stereocenters. The van der Waals surface area contributed by atoms with Crippen LogP contribution in [-0.4, -0.2) is 61.6 Å². The van der Waals surface area contributed by atoms with Crippen molar-refractivity contribution in [1.82, 2.24) is 10.2 Å². The summed E-state index contributed by atoms with van der Waals surface area (Å²) in [6, 6.07) is 10.8. The highest BCUT2D eigenvalue weighted by molar-refractivity contribution is 6.07. The van der Waals surface area contributed by atoms with Crippen LogP contribution in [0.2, 0.25) is 0 Å². The Morgan fingerprint density at radius 2 is 2.10 bits per heavy atom. The average molecular weight is 429 g/mol. The van der Waals surface area contributed by atoms with Crippen molar-refractivity contribution in [2.45, 2.75) is 55.7 Å². The average Bonchev–Trinajstić information content (AvgIpc) is 3.53. The van der Waals surface area contributed by atoms with Gasteiger partial charge in [0.1, 0.15) is 23.8 Å². The van der Waals surface area contributed by atoms with E-state index in [1.165, 1.54) is 0 Å². The summed E-state index contributed by atoms with van der Waals surface area (Å²) in [7, 11) is 1.71. The van der Waals surface area contributed by atoms with Crippen molar-refractivity contribution in [3.8, 4) is 5.75 Å². The highest BCUT2D eigenvalue weighted by atomic mass is 16.5. The van der Waals surface area contributed by atoms with E-state index < -0.39 is 18.5 Å². The number of nitrogens with two attached hydrogens (primary N) is 1. The fourth-order valence-electron chi connectivity index (χ4n) is 4.88. The molecule has 3 aliphatic heterocycles. The van der Waals surface area contributed by atoms with Crippen LogP contribution in [0.3, 0.4) is 0 Å². The fraction of sp³-hybridized carbons (Fsp3) is 0.542. The number of fused-ring (bicyclic) bond motifs is 4. The molecule has 7 heteroatoms. The highest BCUT2D eigenvalue weighted by Crippen LogP contribution is 2.44. The molecule has 2 aromatic carbocycles. The van der Waals surface area contributed by atoms with Gasteiger partial charge in [-0.2, -0.15) is 0 Å². The van der Waals surface area contributed by atoms with E-state index in [0.29, 0.717) is 23.3 Å². The van der Waals surface area contributed by atoms with Gasteiger partial charge in [0.2, 0.25) is 0 Å². The van der Waals surface area contributed by atoms with Gasteiger partial charge in [-0.1, -0.05) is 12.1 Å². The predicted molar refractivity (Wildman–Crippen MR) is 118 cm³/mol. The zero-order valence-corrected chi connectivity index (χ0v) is 17.7. The number of benzene rings is 2. The highest BCUT2D eigenvalue weighted by Gasteiger charge is 2.53. The number of carbonyl (C=O) groups excluding carboxylic acids is 1. The van der Waals surface area contributed by atoms with Crippen molar-refractivity contribution < 1.29 is 23.1 Å². The molecule has 1 saturated carbocycles. The smallest absolute Gasteiger partial charge is 0.251 e. The van der Waals surface area contributed by atoms with E-state index >= 15 is 0 Å². The first-order valence-electron chi connectivity index (χ1n) is 12.3. The number of nitrogens with zero attached hydrogens (tertiary/aromatic N) is 1. The number of rotatable bonds is 7. The molecular weight excluding hydrogens is 394 g/mol. The number of hydrogen-bond acceptors (Lipinski definition) is 6. The summed E-state index contributed by atoms with van der Waals surface area (Å²) < 4.78 is 40.6. The van der Waals surface area contributed by atoms with Crippen LogP contribution >= 0.6 is 0 Å². The summed E-state index contributed by atoms with van der Waals surface area (Å²) in [5.74, 6) is 0.0658. The number of nitrogens with one attached hydrogen (secondary N) is 1. The number of piperidine rings is 3. The molecule has 166 valence electrons. The predicted octanol–water partition coefficient (Wildman–Crippen LogP) is 2.62. The summed E-state index contributed by atoms with van der Waals surface area (Å²) in [6.45, 7) is -1.19. The molecule has 31 heavy (non-hydrogen) atoms. The molecular formula is C24H31N3O4. The topological polar surface area (TPSA) is 86.0 Å². The Bertz CT molecular complexity index is 1090. The zero-order chi connectivity index (χ0) is 24.1. The van der Waals surface area contributed by atoms with Gasteiger partial charge in [0.25, 0.3) is 5.91 Å². The molecule has 4 fully saturated rings. The van der Waals surface area contributed by atoms with Crippen molar-refractivity contribution in [2.24, 2.45) is 5.73 Å². The van der Waals surface area contributed by atoms with E-state index in [0.717, 1.165) is 44.0 Å². The molecule has 4 aliphatic rings. The standard InChI is InChI=1S/C24H31N3O4/c1-26-22(28)19-5-3-4-16-12-17(6-7-18(16)19)31-24-10-11-27(20(13-24)29-2)21(14-24)30-15-23(25)8-9-23/h3-7,12,20-21H,8-11,13-15,25H2,1-2H3,(H,26,28)/i1D3. The number of amides is 1. The fourth-order valence-corrected chi connectivity index (χ4v) is 4.88. The molecule has 0 spiro atoms. The molecule has 4 unspecified atom stereocenters. The minimum absolute atomic E-state index is 0.0870. The molecule has 7 nitrogen and oxygen atoms in total. The molecule has 0 radical (unpaired) electrons. The van der Waals surface area contributed by atoms with Gasteiger partial charge in [0.15, 0.2) is 0 Å². The van der Waals surface area contributed by atoms with Crippen LogP contribution in [0.5, 0.6) is 5.75 Å². The molecule has 2 bridgehead atoms. The van der Waals surface area contributed by atoms with Gasteiger partial charge in [0, 0.05) is 55.1 Å². The van der Waals surface area contributed by atoms with Crippen LogP contribution in [-0.2, 0) is 9.47 Å². The first-order chi connectivity index (χ1) is 16.1. The van der Waals surface area contributed by atoms with Gasteiger partial charge in [-0.25, -0.2) is 0 Å². The third-order valence-electron chi connectivity index (χ3n) is 6.93. The van der Waals surface area contributed by atoms with Crippen LogP contribution in [0.4, 0.5) is 0 Å². The Hall–Kier alpha value is -2.19. The lowest BCUT2D eigenvalue weighted by Crippen LogP contribution is -2.65. The van der Waals surface area contributed by atoms with Gasteiger partial charge in [-0.05, 0) is 47.9 Å². The summed E-state index contributed by atoms with van der Waals surface area (Å²) in [4.78, 5) is 14.7. The number of carbonyl (C=O) groups is 1. The van der Waals surface area contributed by atoms with Gasteiger partial charge >= 0.3 is 0 Å². The number of hydrogen-bond donors (Lipinski definition) is 2. The third kappa shape index (κ3) is 3.91. The lowest BCUT2D eigenvalue weighted by atomic mass is 9.80. The minimum atomic E-state index is -2.54. The van der Waals surface area contributed by atoms with E-state index in [1.54, 1.807) is 25.3 Å². The van der Waals surface area contributed by atoms with Gasteiger partial charge in [-0.15, -0.1) is 0 Å². The largest absolute Gasteiger partial charge is 0.487 e. The van der Waals surface area contributed by atoms with E-state index in [4.69, 9.17) is 24.1 Å². The summed E-state index contributed by atoms with van der Waals surface area (Å²) >= 11 is 0. The second-order valence-electron chi connectivity index (χ2n) is 9.14. The van der Waals surface area contributed by atoms with E-state index in [1.807, 2.05) is 18.2 Å². The van der Waals surface area contributed by atoms with E-state index in [9.17, 15) is 4.79 Å². The molecule has 0 aromatic heterocycles. The van der Waals surface area contributed by atoms with Crippen molar-refractivity contribution in [2.75, 3.05) is 27.2 Å². The van der Waals surface area contributed by atoms with E-state index in [2.05, 4.69) is 10.2 Å². The van der Waals surface area contributed by atoms with Crippen molar-refractivity contribution in [3.05, 3.63) is 42.0 Å². The second-order valence-corrected chi connectivity index (χ2v) is 9.14. The minimum Gasteiger partial charge on any atom is -0.487 e. The Morgan fingerprint density at radius 1 is 1.26 bits per heavy atom. The number of methoxy groups -OCH3 is 1. The lowest BCUT2D eigenvalue weighted by Gasteiger charge is -2.55. The molecule has 6 rings (SSSR count). The maximum Gasteiger partial charge on any atom is 0.251 e. The first kappa shape index (κ1) is 17.4. The van der Waals surface area contributed by atoms with Crippen molar-refractivity contribution in [3.63, 3.8) is 0 Å². The van der Waals surface area contributed by atoms with Crippen LogP contribution in [0.15, 0.2) is 36.4 Å². The van der Waals surface area contributed by atoms with Crippen LogP contribution in [0.1, 0.15) is 46.6 Å². The molecule has 1 amide bonds. The molecule has 3 N–H and O–H groups in total. The van der Waals surface area contributed by atoms with Crippen molar-refractivity contribution >= 4 is 16.7 Å².